The van der Waals surface area contributed by atoms with Crippen molar-refractivity contribution in [2.45, 2.75) is 18.7 Å². The summed E-state index contributed by atoms with van der Waals surface area (Å²) >= 11 is 3.13. The van der Waals surface area contributed by atoms with E-state index in [0.717, 1.165) is 0 Å². The Morgan fingerprint density at radius 3 is 2.47 bits per heavy atom. The van der Waals surface area contributed by atoms with Gasteiger partial charge in [0.05, 0.1) is 22.6 Å². The summed E-state index contributed by atoms with van der Waals surface area (Å²) in [4.78, 5) is 33.3. The fourth-order valence-electron chi connectivity index (χ4n) is 1.52. The zero-order valence-electron chi connectivity index (χ0n) is 10.5. The van der Waals surface area contributed by atoms with Crippen LogP contribution in [0.15, 0.2) is 18.2 Å². The molecule has 6 heteroatoms. The minimum Gasteiger partial charge on any atom is -0.478 e. The number of alkyl halides is 1. The van der Waals surface area contributed by atoms with Gasteiger partial charge in [0.2, 0.25) is 0 Å². The summed E-state index contributed by atoms with van der Waals surface area (Å²) in [6.45, 7) is 3.22. The lowest BCUT2D eigenvalue weighted by molar-refractivity contribution is -0.116. The maximum absolute atomic E-state index is 11.5. The number of aromatic carboxylic acids is 1. The molecule has 0 spiro atoms. The van der Waals surface area contributed by atoms with Crippen molar-refractivity contribution in [2.75, 3.05) is 6.61 Å². The molecular formula is C13H13BrO5. The summed E-state index contributed by atoms with van der Waals surface area (Å²) < 4.78 is 4.80. The van der Waals surface area contributed by atoms with Crippen LogP contribution >= 0.6 is 15.9 Å². The van der Waals surface area contributed by atoms with Gasteiger partial charge in [0, 0.05) is 0 Å². The lowest BCUT2D eigenvalue weighted by Crippen LogP contribution is -2.12. The molecule has 0 heterocycles. The first kappa shape index (κ1) is 15.4. The smallest absolute Gasteiger partial charge is 0.338 e. The molecule has 0 aliphatic heterocycles. The first-order valence-electron chi connectivity index (χ1n) is 5.57. The highest BCUT2D eigenvalue weighted by atomic mass is 79.9. The van der Waals surface area contributed by atoms with Crippen LogP contribution in [0.2, 0.25) is 0 Å². The van der Waals surface area contributed by atoms with E-state index in [1.165, 1.54) is 25.1 Å². The molecule has 0 amide bonds. The average molecular weight is 329 g/mol. The highest BCUT2D eigenvalue weighted by Crippen LogP contribution is 2.28. The molecule has 19 heavy (non-hydrogen) atoms. The van der Waals surface area contributed by atoms with Gasteiger partial charge in [-0.1, -0.05) is 22.0 Å². The second-order valence-corrected chi connectivity index (χ2v) is 4.72. The van der Waals surface area contributed by atoms with Crippen LogP contribution in [0.3, 0.4) is 0 Å². The highest BCUT2D eigenvalue weighted by molar-refractivity contribution is 9.09. The van der Waals surface area contributed by atoms with Gasteiger partial charge in [-0.3, -0.25) is 4.79 Å². The minimum absolute atomic E-state index is 0.0948. The van der Waals surface area contributed by atoms with Crippen molar-refractivity contribution in [1.82, 2.24) is 0 Å². The number of hydrogen-bond donors (Lipinski definition) is 1. The predicted octanol–water partition coefficient (Wildman–Crippen LogP) is 2.59. The molecule has 1 aromatic rings. The number of carboxylic acids is 1. The summed E-state index contributed by atoms with van der Waals surface area (Å²) in [5.74, 6) is -2.01. The number of rotatable bonds is 5. The number of Topliss-reactive ketones (excluding diaryl/α,β-unsaturated/α-hetero) is 1. The molecule has 0 aliphatic rings. The minimum atomic E-state index is -1.20. The van der Waals surface area contributed by atoms with Crippen LogP contribution in [0.5, 0.6) is 0 Å². The number of carbonyl (C=O) groups excluding carboxylic acids is 2. The molecule has 1 unspecified atom stereocenters. The van der Waals surface area contributed by atoms with Gasteiger partial charge in [-0.2, -0.15) is 0 Å². The summed E-state index contributed by atoms with van der Waals surface area (Å²) in [7, 11) is 0. The third-order valence-corrected chi connectivity index (χ3v) is 3.56. The van der Waals surface area contributed by atoms with Gasteiger partial charge in [-0.05, 0) is 31.5 Å². The van der Waals surface area contributed by atoms with Crippen LogP contribution in [-0.2, 0) is 9.53 Å². The van der Waals surface area contributed by atoms with Crippen molar-refractivity contribution < 1.29 is 24.2 Å². The molecule has 0 saturated heterocycles. The van der Waals surface area contributed by atoms with E-state index in [4.69, 9.17) is 9.84 Å². The first-order chi connectivity index (χ1) is 8.88. The van der Waals surface area contributed by atoms with Crippen LogP contribution in [0.25, 0.3) is 0 Å². The zero-order valence-corrected chi connectivity index (χ0v) is 12.1. The Morgan fingerprint density at radius 2 is 2.00 bits per heavy atom. The van der Waals surface area contributed by atoms with E-state index in [2.05, 4.69) is 15.9 Å². The maximum atomic E-state index is 11.5. The van der Waals surface area contributed by atoms with Crippen molar-refractivity contribution >= 4 is 33.7 Å². The standard InChI is InChI=1S/C13H13BrO5/c1-3-19-13(18)8-4-5-9(11(14)7(2)15)10(6-8)12(16)17/h4-6,11H,3H2,1-2H3,(H,16,17). The summed E-state index contributed by atoms with van der Waals surface area (Å²) in [5.41, 5.74) is 0.363. The van der Waals surface area contributed by atoms with E-state index in [0.29, 0.717) is 5.56 Å². The monoisotopic (exact) mass is 328 g/mol. The summed E-state index contributed by atoms with van der Waals surface area (Å²) in [6.07, 6.45) is 0. The van der Waals surface area contributed by atoms with Crippen LogP contribution in [-0.4, -0.2) is 29.4 Å². The number of carbonyl (C=O) groups is 3. The number of hydrogen-bond acceptors (Lipinski definition) is 4. The zero-order chi connectivity index (χ0) is 14.6. The quantitative estimate of drug-likeness (QED) is 0.663. The fourth-order valence-corrected chi connectivity index (χ4v) is 1.92. The number of ether oxygens (including phenoxy) is 1. The summed E-state index contributed by atoms with van der Waals surface area (Å²) in [5, 5.41) is 9.15. The van der Waals surface area contributed by atoms with Gasteiger partial charge in [-0.25, -0.2) is 9.59 Å². The normalized spacial score (nSPS) is 11.7. The number of benzene rings is 1. The van der Waals surface area contributed by atoms with Gasteiger partial charge in [0.25, 0.3) is 0 Å². The molecule has 1 N–H and O–H groups in total. The van der Waals surface area contributed by atoms with Crippen LogP contribution < -0.4 is 0 Å². The van der Waals surface area contributed by atoms with Crippen LogP contribution in [0.4, 0.5) is 0 Å². The number of halogens is 1. The Labute approximate surface area is 118 Å². The van der Waals surface area contributed by atoms with E-state index in [1.54, 1.807) is 6.92 Å². The molecular weight excluding hydrogens is 316 g/mol. The Kier molecular flexibility index (Phi) is 5.23. The molecule has 0 aromatic heterocycles. The van der Waals surface area contributed by atoms with Crippen LogP contribution in [0, 0.1) is 0 Å². The lowest BCUT2D eigenvalue weighted by Gasteiger charge is -2.11. The van der Waals surface area contributed by atoms with Crippen LogP contribution in [0.1, 0.15) is 45.0 Å². The van der Waals surface area contributed by atoms with Crippen molar-refractivity contribution in [1.29, 1.82) is 0 Å². The Hall–Kier alpha value is -1.69. The maximum Gasteiger partial charge on any atom is 0.338 e. The molecule has 5 nitrogen and oxygen atoms in total. The van der Waals surface area contributed by atoms with E-state index in [9.17, 15) is 14.4 Å². The molecule has 102 valence electrons. The van der Waals surface area contributed by atoms with Gasteiger partial charge in [0.15, 0.2) is 0 Å². The van der Waals surface area contributed by atoms with Gasteiger partial charge in [0.1, 0.15) is 5.78 Å². The van der Waals surface area contributed by atoms with Gasteiger partial charge < -0.3 is 9.84 Å². The molecule has 1 aromatic carbocycles. The van der Waals surface area contributed by atoms with Crippen molar-refractivity contribution in [3.8, 4) is 0 Å². The van der Waals surface area contributed by atoms with E-state index in [-0.39, 0.29) is 23.5 Å². The molecule has 1 rings (SSSR count). The van der Waals surface area contributed by atoms with E-state index < -0.39 is 16.8 Å². The Bertz CT molecular complexity index is 524. The largest absolute Gasteiger partial charge is 0.478 e. The highest BCUT2D eigenvalue weighted by Gasteiger charge is 2.22. The Morgan fingerprint density at radius 1 is 1.37 bits per heavy atom. The average Bonchev–Trinajstić information content (AvgIpc) is 2.37. The lowest BCUT2D eigenvalue weighted by atomic mass is 10.00. The third kappa shape index (κ3) is 3.64. The van der Waals surface area contributed by atoms with Crippen molar-refractivity contribution in [3.05, 3.63) is 34.9 Å². The second kappa shape index (κ2) is 6.47. The van der Waals surface area contributed by atoms with Gasteiger partial charge in [-0.15, -0.1) is 0 Å². The van der Waals surface area contributed by atoms with Gasteiger partial charge >= 0.3 is 11.9 Å². The van der Waals surface area contributed by atoms with Crippen molar-refractivity contribution in [3.63, 3.8) is 0 Å². The van der Waals surface area contributed by atoms with E-state index >= 15 is 0 Å². The third-order valence-electron chi connectivity index (χ3n) is 2.42. The second-order valence-electron chi connectivity index (χ2n) is 3.80. The molecule has 0 radical (unpaired) electrons. The summed E-state index contributed by atoms with van der Waals surface area (Å²) in [6, 6.07) is 4.10. The molecule has 1 atom stereocenters. The molecule has 0 aliphatic carbocycles. The first-order valence-corrected chi connectivity index (χ1v) is 6.49. The predicted molar refractivity (Wildman–Crippen MR) is 71.7 cm³/mol. The Balaban J connectivity index is 3.26. The van der Waals surface area contributed by atoms with E-state index in [1.807, 2.05) is 0 Å². The SMILES string of the molecule is CCOC(=O)c1ccc(C(Br)C(C)=O)c(C(=O)O)c1. The fraction of sp³-hybridized carbons (Fsp3) is 0.308. The molecule has 0 fully saturated rings. The molecule has 0 saturated carbocycles. The molecule has 0 bridgehead atoms. The topological polar surface area (TPSA) is 80.7 Å². The number of carboxylic acid groups (broad SMARTS) is 1. The number of esters is 1. The van der Waals surface area contributed by atoms with Crippen molar-refractivity contribution in [2.24, 2.45) is 0 Å². The number of ketones is 1.